The molecule has 0 atom stereocenters. The van der Waals surface area contributed by atoms with Crippen LogP contribution in [0.3, 0.4) is 0 Å². The van der Waals surface area contributed by atoms with Crippen LogP contribution in [0.1, 0.15) is 11.1 Å². The molecule has 3 aromatic rings. The van der Waals surface area contributed by atoms with Crippen molar-refractivity contribution in [2.45, 2.75) is 13.0 Å². The van der Waals surface area contributed by atoms with Gasteiger partial charge in [0.15, 0.2) is 11.6 Å². The highest BCUT2D eigenvalue weighted by atomic mass is 31.2. The quantitative estimate of drug-likeness (QED) is 0.500. The summed E-state index contributed by atoms with van der Waals surface area (Å²) in [6.45, 7) is 5.41. The Morgan fingerprint density at radius 3 is 2.48 bits per heavy atom. The van der Waals surface area contributed by atoms with Crippen molar-refractivity contribution >= 4 is 35.6 Å². The maximum Gasteiger partial charge on any atom is 0.229 e. The molecular formula is C24H30N5O3P. The molecule has 0 amide bonds. The third-order valence-corrected chi connectivity index (χ3v) is 7.23. The second-order valence-corrected chi connectivity index (χ2v) is 11.7. The van der Waals surface area contributed by atoms with Gasteiger partial charge in [-0.15, -0.1) is 0 Å². The average Bonchev–Trinajstić information content (AvgIpc) is 2.78. The molecule has 0 spiro atoms. The number of nitrogens with zero attached hydrogens (tertiary/aromatic N) is 3. The molecule has 4 rings (SSSR count). The molecule has 0 unspecified atom stereocenters. The molecule has 1 aromatic heterocycles. The molecule has 0 fully saturated rings. The predicted octanol–water partition coefficient (Wildman–Crippen LogP) is 4.22. The van der Waals surface area contributed by atoms with Crippen molar-refractivity contribution in [2.24, 2.45) is 0 Å². The molecule has 8 nitrogen and oxygen atoms in total. The van der Waals surface area contributed by atoms with E-state index < -0.39 is 7.14 Å². The molecule has 9 heteroatoms. The number of hydrogen-bond acceptors (Lipinski definition) is 8. The highest BCUT2D eigenvalue weighted by molar-refractivity contribution is 7.70. The first kappa shape index (κ1) is 23.1. The summed E-state index contributed by atoms with van der Waals surface area (Å²) in [6.07, 6.45) is 2.60. The number of hydrogen-bond donors (Lipinski definition) is 2. The molecule has 0 saturated heterocycles. The van der Waals surface area contributed by atoms with Crippen LogP contribution in [0, 0.1) is 0 Å². The van der Waals surface area contributed by atoms with Crippen molar-refractivity contribution in [1.29, 1.82) is 0 Å². The van der Waals surface area contributed by atoms with Crippen LogP contribution in [-0.4, -0.2) is 56.0 Å². The molecule has 0 saturated carbocycles. The zero-order valence-electron chi connectivity index (χ0n) is 19.7. The van der Waals surface area contributed by atoms with Gasteiger partial charge in [0.2, 0.25) is 5.95 Å². The Kier molecular flexibility index (Phi) is 6.58. The van der Waals surface area contributed by atoms with Crippen LogP contribution in [0.2, 0.25) is 0 Å². The predicted molar refractivity (Wildman–Crippen MR) is 134 cm³/mol. The molecule has 1 aliphatic heterocycles. The third-order valence-electron chi connectivity index (χ3n) is 5.68. The molecule has 2 aromatic carbocycles. The number of rotatable bonds is 7. The molecule has 1 aliphatic rings. The number of benzene rings is 2. The maximum atomic E-state index is 12.8. The van der Waals surface area contributed by atoms with Crippen molar-refractivity contribution in [3.05, 3.63) is 53.7 Å². The fourth-order valence-electron chi connectivity index (χ4n) is 3.96. The number of aromatic nitrogens is 2. The van der Waals surface area contributed by atoms with Gasteiger partial charge in [-0.3, -0.25) is 0 Å². The number of methoxy groups -OCH3 is 2. The Hall–Kier alpha value is -3.09. The van der Waals surface area contributed by atoms with Gasteiger partial charge in [-0.2, -0.15) is 4.98 Å². The number of anilines is 4. The van der Waals surface area contributed by atoms with E-state index in [1.807, 2.05) is 24.3 Å². The maximum absolute atomic E-state index is 12.8. The Morgan fingerprint density at radius 2 is 1.76 bits per heavy atom. The monoisotopic (exact) mass is 467 g/mol. The zero-order valence-corrected chi connectivity index (χ0v) is 20.6. The fraction of sp³-hybridized carbons (Fsp3) is 0.333. The second kappa shape index (κ2) is 9.41. The molecular weight excluding hydrogens is 437 g/mol. The molecule has 2 N–H and O–H groups in total. The molecule has 0 radical (unpaired) electrons. The standard InChI is InChI=1S/C24H30N5O3P/c1-29-11-10-16-13-20(31-2)19(12-17(16)15-29)27-24-25-14-21(32-3)23(28-24)26-18-8-6-7-9-22(18)33(4,5)30/h6-9,12-14H,10-11,15H2,1-5H3,(H2,25,26,27,28). The summed E-state index contributed by atoms with van der Waals surface area (Å²) in [5.41, 5.74) is 4.08. The summed E-state index contributed by atoms with van der Waals surface area (Å²) < 4.78 is 23.9. The number of ether oxygens (including phenoxy) is 2. The summed E-state index contributed by atoms with van der Waals surface area (Å²) in [5, 5.41) is 7.33. The summed E-state index contributed by atoms with van der Waals surface area (Å²) in [4.78, 5) is 11.4. The van der Waals surface area contributed by atoms with Gasteiger partial charge >= 0.3 is 0 Å². The van der Waals surface area contributed by atoms with Crippen LogP contribution in [-0.2, 0) is 17.5 Å². The van der Waals surface area contributed by atoms with E-state index in [9.17, 15) is 4.57 Å². The van der Waals surface area contributed by atoms with Gasteiger partial charge in [-0.1, -0.05) is 12.1 Å². The fourth-order valence-corrected chi connectivity index (χ4v) is 5.12. The smallest absolute Gasteiger partial charge is 0.229 e. The van der Waals surface area contributed by atoms with Crippen molar-refractivity contribution in [1.82, 2.24) is 14.9 Å². The number of para-hydroxylation sites is 1. The van der Waals surface area contributed by atoms with Crippen molar-refractivity contribution in [2.75, 3.05) is 51.8 Å². The molecule has 2 heterocycles. The van der Waals surface area contributed by atoms with E-state index in [0.717, 1.165) is 41.9 Å². The van der Waals surface area contributed by atoms with E-state index in [-0.39, 0.29) is 0 Å². The first-order valence-corrected chi connectivity index (χ1v) is 13.4. The number of likely N-dealkylation sites (N-methyl/N-ethyl adjacent to an activating group) is 1. The van der Waals surface area contributed by atoms with Gasteiger partial charge in [-0.25, -0.2) is 4.98 Å². The summed E-state index contributed by atoms with van der Waals surface area (Å²) >= 11 is 0. The SMILES string of the molecule is COc1cc2c(cc1Nc1ncc(OC)c(Nc3ccccc3P(C)(C)=O)n1)CN(C)CC2. The zero-order chi connectivity index (χ0) is 23.6. The Labute approximate surface area is 194 Å². The summed E-state index contributed by atoms with van der Waals surface area (Å²) in [7, 11) is 2.85. The van der Waals surface area contributed by atoms with Crippen LogP contribution in [0.25, 0.3) is 0 Å². The lowest BCUT2D eigenvalue weighted by atomic mass is 9.99. The van der Waals surface area contributed by atoms with Gasteiger partial charge in [-0.05, 0) is 62.2 Å². The highest BCUT2D eigenvalue weighted by Gasteiger charge is 2.19. The molecule has 174 valence electrons. The lowest BCUT2D eigenvalue weighted by molar-refractivity contribution is 0.312. The van der Waals surface area contributed by atoms with E-state index in [1.54, 1.807) is 33.7 Å². The van der Waals surface area contributed by atoms with E-state index in [4.69, 9.17) is 9.47 Å². The van der Waals surface area contributed by atoms with Crippen molar-refractivity contribution in [3.8, 4) is 11.5 Å². The minimum absolute atomic E-state index is 0.398. The van der Waals surface area contributed by atoms with E-state index >= 15 is 0 Å². The number of nitrogens with one attached hydrogen (secondary N) is 2. The topological polar surface area (TPSA) is 88.6 Å². The van der Waals surface area contributed by atoms with Gasteiger partial charge < -0.3 is 29.6 Å². The Balaban J connectivity index is 1.67. The Morgan fingerprint density at radius 1 is 1.00 bits per heavy atom. The van der Waals surface area contributed by atoms with Crippen LogP contribution >= 0.6 is 7.14 Å². The highest BCUT2D eigenvalue weighted by Crippen LogP contribution is 2.39. The van der Waals surface area contributed by atoms with E-state index in [0.29, 0.717) is 17.5 Å². The first-order chi connectivity index (χ1) is 15.8. The summed E-state index contributed by atoms with van der Waals surface area (Å²) in [6, 6.07) is 11.7. The first-order valence-electron chi connectivity index (χ1n) is 10.8. The second-order valence-electron chi connectivity index (χ2n) is 8.54. The van der Waals surface area contributed by atoms with Crippen LogP contribution in [0.4, 0.5) is 23.1 Å². The minimum atomic E-state index is -2.49. The lowest BCUT2D eigenvalue weighted by Crippen LogP contribution is -2.26. The summed E-state index contributed by atoms with van der Waals surface area (Å²) in [5.74, 6) is 2.11. The average molecular weight is 468 g/mol. The van der Waals surface area contributed by atoms with E-state index in [1.165, 1.54) is 11.1 Å². The molecule has 33 heavy (non-hydrogen) atoms. The van der Waals surface area contributed by atoms with Crippen LogP contribution < -0.4 is 25.4 Å². The Bertz CT molecular complexity index is 1210. The van der Waals surface area contributed by atoms with Gasteiger partial charge in [0.05, 0.1) is 31.8 Å². The molecule has 0 aliphatic carbocycles. The van der Waals surface area contributed by atoms with Gasteiger partial charge in [0.25, 0.3) is 0 Å². The van der Waals surface area contributed by atoms with Crippen molar-refractivity contribution < 1.29 is 14.0 Å². The minimum Gasteiger partial charge on any atom is -0.495 e. The largest absolute Gasteiger partial charge is 0.495 e. The van der Waals surface area contributed by atoms with E-state index in [2.05, 4.69) is 44.7 Å². The van der Waals surface area contributed by atoms with Gasteiger partial charge in [0, 0.05) is 18.4 Å². The number of fused-ring (bicyclic) bond motifs is 1. The van der Waals surface area contributed by atoms with Crippen LogP contribution in [0.15, 0.2) is 42.6 Å². The van der Waals surface area contributed by atoms with Crippen molar-refractivity contribution in [3.63, 3.8) is 0 Å². The normalized spacial score (nSPS) is 13.8. The van der Waals surface area contributed by atoms with Crippen LogP contribution in [0.5, 0.6) is 11.5 Å². The molecule has 0 bridgehead atoms. The van der Waals surface area contributed by atoms with Gasteiger partial charge in [0.1, 0.15) is 12.9 Å². The lowest BCUT2D eigenvalue weighted by Gasteiger charge is -2.26. The third kappa shape index (κ3) is 5.13.